The minimum Gasteiger partial charge on any atom is -0.497 e. The Bertz CT molecular complexity index is 867. The number of hydrogen-bond acceptors (Lipinski definition) is 6. The van der Waals surface area contributed by atoms with Crippen LogP contribution in [0.15, 0.2) is 48.1 Å². The first kappa shape index (κ1) is 14.5. The molecule has 1 N–H and O–H groups in total. The van der Waals surface area contributed by atoms with Gasteiger partial charge in [0, 0.05) is 21.9 Å². The summed E-state index contributed by atoms with van der Waals surface area (Å²) in [7, 11) is 1.67. The van der Waals surface area contributed by atoms with E-state index in [4.69, 9.17) is 4.74 Å². The second-order valence-electron chi connectivity index (χ2n) is 5.17. The quantitative estimate of drug-likeness (QED) is 0.712. The minimum absolute atomic E-state index is 0.513. The molecule has 3 aromatic rings. The number of hydrogen-bond donors (Lipinski definition) is 1. The molecule has 1 aromatic carbocycles. The summed E-state index contributed by atoms with van der Waals surface area (Å²) in [5, 5.41) is 6.07. The van der Waals surface area contributed by atoms with Crippen molar-refractivity contribution in [1.82, 2.24) is 9.97 Å². The Morgan fingerprint density at radius 1 is 1.26 bits per heavy atom. The van der Waals surface area contributed by atoms with Crippen molar-refractivity contribution in [2.24, 2.45) is 0 Å². The zero-order chi connectivity index (χ0) is 15.6. The van der Waals surface area contributed by atoms with Crippen LogP contribution in [-0.2, 0) is 0 Å². The van der Waals surface area contributed by atoms with Gasteiger partial charge in [-0.25, -0.2) is 9.97 Å². The predicted molar refractivity (Wildman–Crippen MR) is 97.8 cm³/mol. The Morgan fingerprint density at radius 3 is 3.04 bits per heavy atom. The van der Waals surface area contributed by atoms with E-state index in [9.17, 15) is 0 Å². The van der Waals surface area contributed by atoms with Crippen LogP contribution in [0.2, 0.25) is 0 Å². The van der Waals surface area contributed by atoms with Crippen molar-refractivity contribution in [3.63, 3.8) is 0 Å². The molecule has 1 atom stereocenters. The molecule has 4 nitrogen and oxygen atoms in total. The highest BCUT2D eigenvalue weighted by molar-refractivity contribution is 8.02. The molecule has 1 aliphatic rings. The molecule has 2 aromatic heterocycles. The molecule has 1 unspecified atom stereocenters. The Balaban J connectivity index is 1.68. The fraction of sp³-hybridized carbons (Fsp3) is 0.176. The average molecular weight is 341 g/mol. The Kier molecular flexibility index (Phi) is 3.93. The summed E-state index contributed by atoms with van der Waals surface area (Å²) >= 11 is 3.64. The molecule has 1 aliphatic heterocycles. The summed E-state index contributed by atoms with van der Waals surface area (Å²) in [5.74, 6) is 1.66. The van der Waals surface area contributed by atoms with Gasteiger partial charge in [0.25, 0.3) is 0 Å². The molecule has 4 rings (SSSR count). The van der Waals surface area contributed by atoms with E-state index in [0.717, 1.165) is 33.9 Å². The summed E-state index contributed by atoms with van der Waals surface area (Å²) in [5.41, 5.74) is 1.95. The van der Waals surface area contributed by atoms with Crippen LogP contribution in [0, 0.1) is 0 Å². The van der Waals surface area contributed by atoms with Crippen LogP contribution in [0.3, 0.4) is 0 Å². The fourth-order valence-corrected chi connectivity index (χ4v) is 4.72. The van der Waals surface area contributed by atoms with Gasteiger partial charge in [-0.3, -0.25) is 0 Å². The van der Waals surface area contributed by atoms with Crippen LogP contribution in [0.5, 0.6) is 5.75 Å². The van der Waals surface area contributed by atoms with Crippen LogP contribution in [0.1, 0.15) is 16.5 Å². The third-order valence-corrected chi connectivity index (χ3v) is 6.19. The van der Waals surface area contributed by atoms with Crippen LogP contribution in [0.4, 0.5) is 11.5 Å². The lowest BCUT2D eigenvalue weighted by molar-refractivity contribution is 0.415. The zero-order valence-electron chi connectivity index (χ0n) is 12.5. The number of thioether (sulfide) groups is 1. The molecule has 0 fully saturated rings. The van der Waals surface area contributed by atoms with E-state index in [-0.39, 0.29) is 0 Å². The van der Waals surface area contributed by atoms with Gasteiger partial charge in [0.05, 0.1) is 17.3 Å². The number of rotatable bonds is 4. The van der Waals surface area contributed by atoms with Gasteiger partial charge in [-0.2, -0.15) is 0 Å². The molecule has 116 valence electrons. The largest absolute Gasteiger partial charge is 0.497 e. The number of methoxy groups -OCH3 is 1. The number of benzene rings is 1. The predicted octanol–water partition coefficient (Wildman–Crippen LogP) is 5.14. The second-order valence-corrected chi connectivity index (χ2v) is 7.37. The van der Waals surface area contributed by atoms with E-state index in [1.807, 2.05) is 36.0 Å². The maximum Gasteiger partial charge on any atom is 0.151 e. The third-order valence-electron chi connectivity index (χ3n) is 3.67. The topological polar surface area (TPSA) is 47.0 Å². The maximum atomic E-state index is 5.27. The van der Waals surface area contributed by atoms with E-state index < -0.39 is 0 Å². The number of anilines is 2. The van der Waals surface area contributed by atoms with E-state index in [1.165, 1.54) is 4.88 Å². The van der Waals surface area contributed by atoms with E-state index in [1.54, 1.807) is 24.8 Å². The molecule has 0 radical (unpaired) electrons. The highest BCUT2D eigenvalue weighted by Gasteiger charge is 2.18. The first-order valence-corrected chi connectivity index (χ1v) is 9.05. The summed E-state index contributed by atoms with van der Waals surface area (Å²) in [4.78, 5) is 10.2. The van der Waals surface area contributed by atoms with Crippen molar-refractivity contribution in [3.05, 3.63) is 53.0 Å². The SMILES string of the molecule is COc1cccc(Nc2ncnc3cc(C4CC=CS4)sc23)c1. The van der Waals surface area contributed by atoms with Gasteiger partial charge < -0.3 is 10.1 Å². The van der Waals surface area contributed by atoms with Gasteiger partial charge in [0.1, 0.15) is 12.1 Å². The van der Waals surface area contributed by atoms with Crippen molar-refractivity contribution >= 4 is 44.8 Å². The van der Waals surface area contributed by atoms with E-state index in [2.05, 4.69) is 32.8 Å². The molecule has 0 bridgehead atoms. The van der Waals surface area contributed by atoms with Crippen molar-refractivity contribution in [2.45, 2.75) is 11.7 Å². The number of fused-ring (bicyclic) bond motifs is 1. The van der Waals surface area contributed by atoms with Gasteiger partial charge >= 0.3 is 0 Å². The highest BCUT2D eigenvalue weighted by atomic mass is 32.2. The summed E-state index contributed by atoms with van der Waals surface area (Å²) < 4.78 is 6.37. The lowest BCUT2D eigenvalue weighted by Gasteiger charge is -2.07. The standard InChI is InChI=1S/C17H15N3OS2/c1-21-12-5-2-4-11(8-12)20-17-16-13(18-10-19-17)9-15(23-16)14-6-3-7-22-14/h2-5,7-10,14H,6H2,1H3,(H,18,19,20). The molecule has 0 saturated carbocycles. The molecule has 0 saturated heterocycles. The van der Waals surface area contributed by atoms with Crippen molar-refractivity contribution in [3.8, 4) is 5.75 Å². The van der Waals surface area contributed by atoms with Crippen LogP contribution in [0.25, 0.3) is 10.2 Å². The highest BCUT2D eigenvalue weighted by Crippen LogP contribution is 2.44. The molecule has 0 aliphatic carbocycles. The number of nitrogens with zero attached hydrogens (tertiary/aromatic N) is 2. The van der Waals surface area contributed by atoms with Gasteiger partial charge in [-0.1, -0.05) is 12.1 Å². The molecule has 23 heavy (non-hydrogen) atoms. The monoisotopic (exact) mass is 341 g/mol. The van der Waals surface area contributed by atoms with Gasteiger partial charge in [-0.05, 0) is 30.0 Å². The van der Waals surface area contributed by atoms with Crippen LogP contribution in [-0.4, -0.2) is 17.1 Å². The van der Waals surface area contributed by atoms with E-state index >= 15 is 0 Å². The first-order chi connectivity index (χ1) is 11.3. The summed E-state index contributed by atoms with van der Waals surface area (Å²) in [6.45, 7) is 0. The van der Waals surface area contributed by atoms with Crippen molar-refractivity contribution in [2.75, 3.05) is 12.4 Å². The lowest BCUT2D eigenvalue weighted by atomic mass is 10.2. The normalized spacial score (nSPS) is 16.8. The van der Waals surface area contributed by atoms with Crippen molar-refractivity contribution < 1.29 is 4.74 Å². The molecule has 0 amide bonds. The Morgan fingerprint density at radius 2 is 2.22 bits per heavy atom. The summed E-state index contributed by atoms with van der Waals surface area (Å²) in [6.07, 6.45) is 4.92. The Labute approximate surface area is 142 Å². The smallest absolute Gasteiger partial charge is 0.151 e. The summed E-state index contributed by atoms with van der Waals surface area (Å²) in [6, 6.07) is 10.0. The van der Waals surface area contributed by atoms with Crippen molar-refractivity contribution in [1.29, 1.82) is 0 Å². The van der Waals surface area contributed by atoms with E-state index in [0.29, 0.717) is 5.25 Å². The minimum atomic E-state index is 0.513. The second kappa shape index (κ2) is 6.22. The van der Waals surface area contributed by atoms with Crippen LogP contribution < -0.4 is 10.1 Å². The van der Waals surface area contributed by atoms with Gasteiger partial charge in [0.2, 0.25) is 0 Å². The first-order valence-electron chi connectivity index (χ1n) is 7.29. The molecule has 0 spiro atoms. The molecular formula is C17H15N3OS2. The number of allylic oxidation sites excluding steroid dienone is 1. The van der Waals surface area contributed by atoms with Crippen LogP contribution >= 0.6 is 23.1 Å². The maximum absolute atomic E-state index is 5.27. The van der Waals surface area contributed by atoms with Gasteiger partial charge in [-0.15, -0.1) is 23.1 Å². The van der Waals surface area contributed by atoms with Gasteiger partial charge in [0.15, 0.2) is 5.82 Å². The molecular weight excluding hydrogens is 326 g/mol. The third kappa shape index (κ3) is 2.92. The fourth-order valence-electron chi connectivity index (χ4n) is 2.53. The Hall–Kier alpha value is -2.05. The number of nitrogens with one attached hydrogen (secondary N) is 1. The lowest BCUT2D eigenvalue weighted by Crippen LogP contribution is -1.94. The average Bonchev–Trinajstić information content (AvgIpc) is 3.24. The number of thiophene rings is 1. The number of ether oxygens (including phenoxy) is 1. The number of aromatic nitrogens is 2. The zero-order valence-corrected chi connectivity index (χ0v) is 14.2. The molecule has 3 heterocycles. The molecule has 6 heteroatoms.